The van der Waals surface area contributed by atoms with Crippen LogP contribution in [0.5, 0.6) is 0 Å². The van der Waals surface area contributed by atoms with E-state index in [1.54, 1.807) is 16.4 Å². The van der Waals surface area contributed by atoms with E-state index in [1.165, 1.54) is 41.0 Å². The second-order valence-corrected chi connectivity index (χ2v) is 15.9. The van der Waals surface area contributed by atoms with Crippen LogP contribution in [-0.2, 0) is 39.5 Å². The van der Waals surface area contributed by atoms with E-state index in [2.05, 4.69) is 33.8 Å². The number of hydrogen-bond donors (Lipinski definition) is 0. The predicted octanol–water partition coefficient (Wildman–Crippen LogP) is 4.56. The van der Waals surface area contributed by atoms with E-state index in [4.69, 9.17) is 0 Å². The minimum absolute atomic E-state index is 0.283. The zero-order valence-corrected chi connectivity index (χ0v) is 25.7. The van der Waals surface area contributed by atoms with Crippen molar-refractivity contribution in [3.05, 3.63) is 52.0 Å². The largest absolute Gasteiger partial charge is 0.748 e. The molecule has 0 radical (unpaired) electrons. The Morgan fingerprint density at radius 3 is 2.24 bits per heavy atom. The number of thiazole rings is 1. The van der Waals surface area contributed by atoms with E-state index >= 15 is 0 Å². The summed E-state index contributed by atoms with van der Waals surface area (Å²) in [6.07, 6.45) is 12.4. The molecular weight excluding hydrogens is 579 g/mol. The lowest BCUT2D eigenvalue weighted by molar-refractivity contribution is -0.669. The lowest BCUT2D eigenvalue weighted by Crippen LogP contribution is -2.36. The number of benzene rings is 2. The molecule has 1 aromatic heterocycles. The molecule has 3 aliphatic rings. The fraction of sp³-hybridized carbons (Fsp3) is 0.500. The van der Waals surface area contributed by atoms with Gasteiger partial charge in [-0.1, -0.05) is 17.8 Å². The first-order valence-corrected chi connectivity index (χ1v) is 18.5. The summed E-state index contributed by atoms with van der Waals surface area (Å²) in [6, 6.07) is 9.92. The number of rotatable bonds is 9. The van der Waals surface area contributed by atoms with Crippen LogP contribution >= 0.6 is 11.3 Å². The Hall–Kier alpha value is -2.31. The van der Waals surface area contributed by atoms with Crippen LogP contribution in [0.1, 0.15) is 66.6 Å². The van der Waals surface area contributed by atoms with Gasteiger partial charge in [-0.05, 0) is 92.0 Å². The van der Waals surface area contributed by atoms with Crippen LogP contribution < -0.4 is 9.47 Å². The number of anilines is 1. The normalized spacial score (nSPS) is 18.3. The average Bonchev–Trinajstić information content (AvgIpc) is 3.31. The standard InChI is InChI=1S/C30H37N3O5S3/c34-40(35,36)19-5-4-18-33-27-12-11-26(41(37,38)32-16-2-1-3-17-32)22-28(27)39-29(33)13-10-23-20-24-8-6-14-31-15-7-9-25(21-23)30(24)31/h10-13,20-22H,1-9,14-19H2. The predicted molar refractivity (Wildman–Crippen MR) is 163 cm³/mol. The fourth-order valence-corrected chi connectivity index (χ4v) is 9.80. The minimum atomic E-state index is -4.26. The van der Waals surface area contributed by atoms with E-state index in [0.717, 1.165) is 66.0 Å². The van der Waals surface area contributed by atoms with Gasteiger partial charge in [0.1, 0.15) is 4.70 Å². The van der Waals surface area contributed by atoms with Crippen molar-refractivity contribution in [3.8, 4) is 0 Å². The van der Waals surface area contributed by atoms with E-state index in [0.29, 0.717) is 31.0 Å². The zero-order chi connectivity index (χ0) is 28.6. The van der Waals surface area contributed by atoms with Crippen LogP contribution in [-0.4, -0.2) is 57.6 Å². The summed E-state index contributed by atoms with van der Waals surface area (Å²) in [4.78, 5) is 2.84. The van der Waals surface area contributed by atoms with Crippen molar-refractivity contribution >= 4 is 59.5 Å². The van der Waals surface area contributed by atoms with Gasteiger partial charge in [0, 0.05) is 56.2 Å². The first kappa shape index (κ1) is 28.8. The van der Waals surface area contributed by atoms with Crippen LogP contribution in [0.25, 0.3) is 22.4 Å². The number of hydrogen-bond acceptors (Lipinski definition) is 7. The number of piperidine rings is 1. The maximum absolute atomic E-state index is 13.4. The van der Waals surface area contributed by atoms with Gasteiger partial charge in [-0.2, -0.15) is 8.87 Å². The molecule has 0 atom stereocenters. The highest BCUT2D eigenvalue weighted by molar-refractivity contribution is 7.89. The Kier molecular flexibility index (Phi) is 8.26. The molecular formula is C30H37N3O5S3. The third kappa shape index (κ3) is 6.24. The molecule has 3 aliphatic heterocycles. The van der Waals surface area contributed by atoms with E-state index in [-0.39, 0.29) is 12.2 Å². The summed E-state index contributed by atoms with van der Waals surface area (Å²) >= 11 is 1.54. The van der Waals surface area contributed by atoms with Gasteiger partial charge >= 0.3 is 0 Å². The molecule has 220 valence electrons. The molecule has 1 saturated heterocycles. The summed E-state index contributed by atoms with van der Waals surface area (Å²) in [6.45, 7) is 3.93. The molecule has 8 nitrogen and oxygen atoms in total. The quantitative estimate of drug-likeness (QED) is 0.199. The van der Waals surface area contributed by atoms with Gasteiger partial charge in [0.05, 0.1) is 15.0 Å². The number of aromatic nitrogens is 1. The topological polar surface area (TPSA) is 102 Å². The van der Waals surface area contributed by atoms with Gasteiger partial charge in [0.25, 0.3) is 5.01 Å². The Bertz CT molecular complexity index is 1660. The fourth-order valence-electron chi connectivity index (χ4n) is 6.50. The van der Waals surface area contributed by atoms with Crippen molar-refractivity contribution in [1.29, 1.82) is 0 Å². The third-order valence-corrected chi connectivity index (χ3v) is 12.3. The van der Waals surface area contributed by atoms with E-state index in [1.807, 2.05) is 6.07 Å². The molecule has 41 heavy (non-hydrogen) atoms. The zero-order valence-electron chi connectivity index (χ0n) is 23.3. The molecule has 3 aromatic rings. The SMILES string of the molecule is O=S(=O)([O-])CCCC[n+]1c(/C=C/c2cc3c4c(c2)CCCN4CCC3)sc2cc(S(=O)(=O)N3CCCCC3)ccc21. The van der Waals surface area contributed by atoms with Gasteiger partial charge in [0.2, 0.25) is 15.5 Å². The molecule has 4 heterocycles. The van der Waals surface area contributed by atoms with Crippen molar-refractivity contribution in [3.63, 3.8) is 0 Å². The second kappa shape index (κ2) is 11.8. The molecule has 0 unspecified atom stereocenters. The number of unbranched alkanes of at least 4 members (excludes halogenated alkanes) is 1. The summed E-state index contributed by atoms with van der Waals surface area (Å²) in [5, 5.41) is 0.963. The van der Waals surface area contributed by atoms with Gasteiger partial charge in [-0.3, -0.25) is 0 Å². The summed E-state index contributed by atoms with van der Waals surface area (Å²) in [5.41, 5.74) is 6.35. The maximum Gasteiger partial charge on any atom is 0.262 e. The van der Waals surface area contributed by atoms with Gasteiger partial charge < -0.3 is 9.45 Å². The Labute approximate surface area is 247 Å². The molecule has 1 fully saturated rings. The molecule has 0 aliphatic carbocycles. The van der Waals surface area contributed by atoms with Crippen molar-refractivity contribution < 1.29 is 26.0 Å². The van der Waals surface area contributed by atoms with Crippen LogP contribution in [0.4, 0.5) is 5.69 Å². The van der Waals surface area contributed by atoms with Crippen LogP contribution in [0.2, 0.25) is 0 Å². The summed E-state index contributed by atoms with van der Waals surface area (Å²) in [7, 11) is -7.81. The van der Waals surface area contributed by atoms with Crippen molar-refractivity contribution in [2.45, 2.75) is 69.2 Å². The highest BCUT2D eigenvalue weighted by Gasteiger charge is 2.28. The smallest absolute Gasteiger partial charge is 0.262 e. The lowest BCUT2D eigenvalue weighted by Gasteiger charge is -2.37. The number of fused-ring (bicyclic) bond motifs is 1. The van der Waals surface area contributed by atoms with E-state index < -0.39 is 20.1 Å². The summed E-state index contributed by atoms with van der Waals surface area (Å²) < 4.78 is 64.7. The van der Waals surface area contributed by atoms with Crippen molar-refractivity contribution in [1.82, 2.24) is 4.31 Å². The highest BCUT2D eigenvalue weighted by Crippen LogP contribution is 2.36. The van der Waals surface area contributed by atoms with Crippen LogP contribution in [0.15, 0.2) is 35.2 Å². The molecule has 0 spiro atoms. The van der Waals surface area contributed by atoms with Crippen LogP contribution in [0.3, 0.4) is 0 Å². The number of sulfonamides is 1. The Morgan fingerprint density at radius 1 is 0.854 bits per heavy atom. The molecule has 0 N–H and O–H groups in total. The van der Waals surface area contributed by atoms with Crippen LogP contribution in [0, 0.1) is 0 Å². The first-order chi connectivity index (χ1) is 19.7. The molecule has 2 aromatic carbocycles. The molecule has 11 heteroatoms. The van der Waals surface area contributed by atoms with Gasteiger partial charge in [0.15, 0.2) is 6.54 Å². The van der Waals surface area contributed by atoms with Crippen molar-refractivity contribution in [2.24, 2.45) is 0 Å². The molecule has 0 bridgehead atoms. The minimum Gasteiger partial charge on any atom is -0.748 e. The first-order valence-electron chi connectivity index (χ1n) is 14.7. The highest BCUT2D eigenvalue weighted by atomic mass is 32.2. The molecule has 6 rings (SSSR count). The molecule has 0 saturated carbocycles. The number of nitrogens with zero attached hydrogens (tertiary/aromatic N) is 3. The maximum atomic E-state index is 13.4. The number of aryl methyl sites for hydroxylation is 3. The Morgan fingerprint density at radius 2 is 1.56 bits per heavy atom. The van der Waals surface area contributed by atoms with E-state index in [9.17, 15) is 21.4 Å². The van der Waals surface area contributed by atoms with Crippen molar-refractivity contribution in [2.75, 3.05) is 36.8 Å². The molecule has 0 amide bonds. The third-order valence-electron chi connectivity index (χ3n) is 8.45. The lowest BCUT2D eigenvalue weighted by atomic mass is 9.90. The summed E-state index contributed by atoms with van der Waals surface area (Å²) in [5.74, 6) is -0.381. The monoisotopic (exact) mass is 615 g/mol. The Balaban J connectivity index is 1.33. The van der Waals surface area contributed by atoms with Gasteiger partial charge in [-0.15, -0.1) is 0 Å². The van der Waals surface area contributed by atoms with Gasteiger partial charge in [-0.25, -0.2) is 16.8 Å². The average molecular weight is 616 g/mol. The second-order valence-electron chi connectivity index (χ2n) is 11.4.